The summed E-state index contributed by atoms with van der Waals surface area (Å²) in [5.41, 5.74) is 6.44. The van der Waals surface area contributed by atoms with Crippen LogP contribution in [0.1, 0.15) is 94.5 Å². The highest BCUT2D eigenvalue weighted by atomic mass is 19.3. The van der Waals surface area contributed by atoms with E-state index in [4.69, 9.17) is 9.84 Å². The molecule has 5 aliphatic heterocycles. The van der Waals surface area contributed by atoms with Crippen LogP contribution in [0.2, 0.25) is 0 Å². The van der Waals surface area contributed by atoms with Crippen LogP contribution in [0.3, 0.4) is 0 Å². The molecule has 2 aromatic heterocycles. The number of amides is 5. The molecular formula is C49H60F3N11O5. The van der Waals surface area contributed by atoms with E-state index in [9.17, 15) is 19.2 Å². The van der Waals surface area contributed by atoms with Gasteiger partial charge in [-0.2, -0.15) is 0 Å². The number of halogens is 3. The van der Waals surface area contributed by atoms with Crippen molar-refractivity contribution in [1.29, 1.82) is 0 Å². The Morgan fingerprint density at radius 3 is 2.34 bits per heavy atom. The lowest BCUT2D eigenvalue weighted by atomic mass is 9.70. The van der Waals surface area contributed by atoms with E-state index in [0.29, 0.717) is 91.8 Å². The number of nitrogens with one attached hydrogen (secondary N) is 3. The van der Waals surface area contributed by atoms with Crippen LogP contribution < -0.4 is 25.8 Å². The summed E-state index contributed by atoms with van der Waals surface area (Å²) in [6.45, 7) is 7.05. The Bertz CT molecular complexity index is 2660. The number of carbonyl (C=O) groups excluding carboxylic acids is 4. The molecule has 1 aliphatic carbocycles. The first kappa shape index (κ1) is 46.0. The van der Waals surface area contributed by atoms with Gasteiger partial charge in [-0.05, 0) is 130 Å². The highest BCUT2D eigenvalue weighted by Gasteiger charge is 2.50. The summed E-state index contributed by atoms with van der Waals surface area (Å²) in [4.78, 5) is 65.2. The Morgan fingerprint density at radius 1 is 0.897 bits per heavy atom. The number of ether oxygens (including phenoxy) is 1. The van der Waals surface area contributed by atoms with E-state index in [0.717, 1.165) is 55.2 Å². The number of benzene rings is 2. The highest BCUT2D eigenvalue weighted by Crippen LogP contribution is 2.45. The molecule has 3 N–H and O–H groups in total. The fraction of sp³-hybridized carbons (Fsp3) is 0.551. The van der Waals surface area contributed by atoms with Crippen molar-refractivity contribution in [3.05, 3.63) is 75.9 Å². The third kappa shape index (κ3) is 8.43. The number of urea groups is 1. The minimum absolute atomic E-state index is 0.0168. The molecule has 2 aromatic carbocycles. The van der Waals surface area contributed by atoms with Crippen molar-refractivity contribution in [1.82, 2.24) is 39.9 Å². The smallest absolute Gasteiger partial charge is 0.328 e. The quantitative estimate of drug-likeness (QED) is 0.176. The summed E-state index contributed by atoms with van der Waals surface area (Å²) in [6.07, 6.45) is 7.36. The van der Waals surface area contributed by atoms with Gasteiger partial charge in [0.1, 0.15) is 5.82 Å². The first-order valence-corrected chi connectivity index (χ1v) is 24.0. The van der Waals surface area contributed by atoms with Crippen LogP contribution in [0, 0.1) is 25.1 Å². The molecule has 68 heavy (non-hydrogen) atoms. The average Bonchev–Trinajstić information content (AvgIpc) is 3.94. The lowest BCUT2D eigenvalue weighted by Gasteiger charge is -2.51. The van der Waals surface area contributed by atoms with Crippen molar-refractivity contribution in [3.8, 4) is 0 Å². The van der Waals surface area contributed by atoms with Crippen LogP contribution in [0.25, 0.3) is 5.65 Å². The number of aryl methyl sites for hydroxylation is 1. The Hall–Kier alpha value is -5.79. The van der Waals surface area contributed by atoms with Gasteiger partial charge >= 0.3 is 6.03 Å². The van der Waals surface area contributed by atoms with Gasteiger partial charge in [0.2, 0.25) is 5.91 Å². The van der Waals surface area contributed by atoms with Crippen LogP contribution in [0.15, 0.2) is 36.5 Å². The fourth-order valence-electron chi connectivity index (χ4n) is 11.6. The Labute approximate surface area is 393 Å². The monoisotopic (exact) mass is 939 g/mol. The summed E-state index contributed by atoms with van der Waals surface area (Å²) < 4.78 is 55.1. The fourth-order valence-corrected chi connectivity index (χ4v) is 11.6. The highest BCUT2D eigenvalue weighted by molar-refractivity contribution is 6.07. The van der Waals surface area contributed by atoms with E-state index < -0.39 is 30.4 Å². The molecule has 16 nitrogen and oxygen atoms in total. The second-order valence-electron chi connectivity index (χ2n) is 19.7. The average molecular weight is 940 g/mol. The van der Waals surface area contributed by atoms with Crippen LogP contribution in [-0.2, 0) is 22.5 Å². The number of methoxy groups -OCH3 is 1. The zero-order valence-electron chi connectivity index (χ0n) is 39.2. The van der Waals surface area contributed by atoms with Crippen LogP contribution in [-0.4, -0.2) is 144 Å². The number of aromatic nitrogens is 3. The van der Waals surface area contributed by atoms with Crippen LogP contribution in [0.4, 0.5) is 40.8 Å². The Morgan fingerprint density at radius 2 is 1.65 bits per heavy atom. The number of likely N-dealkylation sites (tertiary alicyclic amines) is 3. The zero-order chi connectivity index (χ0) is 47.6. The molecule has 4 saturated heterocycles. The second kappa shape index (κ2) is 17.9. The number of fused-ring (bicyclic) bond motifs is 2. The van der Waals surface area contributed by atoms with Gasteiger partial charge in [-0.3, -0.25) is 34.4 Å². The molecular weight excluding hydrogens is 880 g/mol. The number of alkyl halides is 2. The maximum atomic E-state index is 16.3. The maximum Gasteiger partial charge on any atom is 0.328 e. The number of piperidine rings is 3. The minimum atomic E-state index is -2.97. The number of imidazole rings is 1. The van der Waals surface area contributed by atoms with E-state index in [1.165, 1.54) is 27.7 Å². The van der Waals surface area contributed by atoms with E-state index in [1.54, 1.807) is 25.1 Å². The molecule has 5 fully saturated rings. The van der Waals surface area contributed by atoms with Gasteiger partial charge in [-0.1, -0.05) is 0 Å². The van der Waals surface area contributed by atoms with Gasteiger partial charge in [0.15, 0.2) is 17.2 Å². The van der Waals surface area contributed by atoms with Gasteiger partial charge in [0.25, 0.3) is 17.7 Å². The normalized spacial score (nSPS) is 24.0. The van der Waals surface area contributed by atoms with Crippen molar-refractivity contribution < 1.29 is 37.1 Å². The molecule has 0 bridgehead atoms. The summed E-state index contributed by atoms with van der Waals surface area (Å²) in [5.74, 6) is -3.67. The third-order valence-corrected chi connectivity index (χ3v) is 15.9. The van der Waals surface area contributed by atoms with Crippen LogP contribution in [0.5, 0.6) is 0 Å². The van der Waals surface area contributed by atoms with Crippen molar-refractivity contribution in [2.24, 2.45) is 5.41 Å². The molecule has 10 rings (SSSR count). The van der Waals surface area contributed by atoms with Crippen molar-refractivity contribution in [2.45, 2.75) is 102 Å². The molecule has 6 aliphatic rings. The first-order chi connectivity index (χ1) is 32.6. The molecule has 1 spiro atoms. The summed E-state index contributed by atoms with van der Waals surface area (Å²) in [7, 11) is 3.39. The van der Waals surface area contributed by atoms with Crippen LogP contribution >= 0.6 is 0 Å². The number of rotatable bonds is 10. The standard InChI is InChI=1S/C49H60F3N11O5/c1-29-21-31(23-37(30(29)2)62-16-9-43(64)56-47(62)67)46(66)60-19-12-48(13-20-60)10-17-59(18-11-48)41-8-14-58(28-49(41,51)52)27-32-22-33(50)24-38-34(32)7-15-61(38)42-25-36(53-3)44-54-26-39(63(44)57-42)45(65)55-35-5-6-40(35)68-4/h21-26,35,40-41,53H,5-20,27-28H2,1-4H3,(H,55,65)(H,56,64,67)/t35-,40-,41?/m1/s1. The lowest BCUT2D eigenvalue weighted by Crippen LogP contribution is -2.60. The summed E-state index contributed by atoms with van der Waals surface area (Å²) in [6, 6.07) is 6.89. The minimum Gasteiger partial charge on any atom is -0.385 e. The number of carbonyl (C=O) groups is 4. The van der Waals surface area contributed by atoms with E-state index >= 15 is 13.2 Å². The SMILES string of the molecule is CNc1cc(N2CCc3c(CN4CCC(N5CCC6(CCN(C(=O)c7cc(C)c(C)c(N8CCC(=O)NC8=O)c7)CC6)CC5)C(F)(F)C4)cc(F)cc32)nn2c(C(=O)N[C@@H]3CC[C@H]3OC)cnc12. The number of anilines is 4. The summed E-state index contributed by atoms with van der Waals surface area (Å²) in [5, 5.41) is 13.4. The molecule has 7 heterocycles. The van der Waals surface area contributed by atoms with Gasteiger partial charge < -0.3 is 25.2 Å². The molecule has 19 heteroatoms. The molecule has 4 aromatic rings. The van der Waals surface area contributed by atoms with Crippen molar-refractivity contribution in [2.75, 3.05) is 81.6 Å². The van der Waals surface area contributed by atoms with E-state index in [2.05, 4.69) is 20.9 Å². The topological polar surface area (TPSA) is 160 Å². The Balaban J connectivity index is 0.761. The third-order valence-electron chi connectivity index (χ3n) is 15.9. The maximum absolute atomic E-state index is 16.3. The molecule has 5 amide bonds. The number of hydrogen-bond donors (Lipinski definition) is 3. The summed E-state index contributed by atoms with van der Waals surface area (Å²) >= 11 is 0. The van der Waals surface area contributed by atoms with Crippen molar-refractivity contribution in [3.63, 3.8) is 0 Å². The molecule has 362 valence electrons. The number of imide groups is 1. The second-order valence-corrected chi connectivity index (χ2v) is 19.7. The van der Waals surface area contributed by atoms with E-state index in [-0.39, 0.29) is 60.5 Å². The zero-order valence-corrected chi connectivity index (χ0v) is 39.2. The Kier molecular flexibility index (Phi) is 12.1. The largest absolute Gasteiger partial charge is 0.385 e. The number of hydrogen-bond acceptors (Lipinski definition) is 11. The predicted molar refractivity (Wildman–Crippen MR) is 249 cm³/mol. The predicted octanol–water partition coefficient (Wildman–Crippen LogP) is 5.80. The molecule has 1 saturated carbocycles. The molecule has 1 unspecified atom stereocenters. The first-order valence-electron chi connectivity index (χ1n) is 24.0. The molecule has 0 radical (unpaired) electrons. The van der Waals surface area contributed by atoms with Gasteiger partial charge in [-0.25, -0.2) is 27.5 Å². The van der Waals surface area contributed by atoms with E-state index in [1.807, 2.05) is 40.7 Å². The van der Waals surface area contributed by atoms with Gasteiger partial charge in [0, 0.05) is 82.9 Å². The lowest BCUT2D eigenvalue weighted by molar-refractivity contribution is -0.139. The van der Waals surface area contributed by atoms with Gasteiger partial charge in [-0.15, -0.1) is 5.10 Å². The number of nitrogens with zero attached hydrogens (tertiary/aromatic N) is 8. The molecule has 3 atom stereocenters. The van der Waals surface area contributed by atoms with Crippen molar-refractivity contribution >= 4 is 52.3 Å². The van der Waals surface area contributed by atoms with Gasteiger partial charge in [0.05, 0.1) is 36.6 Å².